The number of hydrogen-bond donors (Lipinski definition) is 2. The fraction of sp³-hybridized carbons (Fsp3) is 0.714. The second-order valence-electron chi connectivity index (χ2n) is 2.79. The molecular weight excluding hydrogens is 130 g/mol. The summed E-state index contributed by atoms with van der Waals surface area (Å²) >= 11 is 0. The summed E-state index contributed by atoms with van der Waals surface area (Å²) in [5.41, 5.74) is 0. The molecule has 0 saturated heterocycles. The maximum absolute atomic E-state index is 8.59. The van der Waals surface area contributed by atoms with E-state index in [2.05, 4.69) is 0 Å². The predicted molar refractivity (Wildman–Crippen MR) is 40.3 cm³/mol. The number of likely N-dealkylation sites (N-methyl/N-ethyl adjacent to an activating group) is 1. The molecule has 0 saturated carbocycles. The van der Waals surface area contributed by atoms with E-state index in [1.54, 1.807) is 6.08 Å². The topological polar surface area (TPSA) is 40.5 Å². The average molecular weight is 146 g/mol. The van der Waals surface area contributed by atoms with E-state index in [4.69, 9.17) is 10.2 Å². The lowest BCUT2D eigenvalue weighted by Crippen LogP contribution is -2.36. The Kier molecular flexibility index (Phi) is 4.27. The maximum atomic E-state index is 8.59. The van der Waals surface area contributed by atoms with Gasteiger partial charge in [-0.25, -0.2) is 0 Å². The van der Waals surface area contributed by atoms with E-state index in [0.717, 1.165) is 0 Å². The first-order valence-corrected chi connectivity index (χ1v) is 3.34. The first-order valence-electron chi connectivity index (χ1n) is 3.34. The largest absolute Gasteiger partial charge is 0.392 e. The Morgan fingerprint density at radius 1 is 1.30 bits per heavy atom. The summed E-state index contributed by atoms with van der Waals surface area (Å²) < 4.78 is 0.608. The smallest absolute Gasteiger partial charge is 0.106 e. The molecule has 10 heavy (non-hydrogen) atoms. The molecule has 60 valence electrons. The summed E-state index contributed by atoms with van der Waals surface area (Å²) in [7, 11) is 3.92. The lowest BCUT2D eigenvalue weighted by molar-refractivity contribution is -0.839. The Hall–Kier alpha value is -0.380. The van der Waals surface area contributed by atoms with E-state index >= 15 is 0 Å². The number of rotatable bonds is 4. The van der Waals surface area contributed by atoms with Crippen molar-refractivity contribution in [3.05, 3.63) is 12.3 Å². The molecule has 0 radical (unpaired) electrons. The molecule has 0 rings (SSSR count). The summed E-state index contributed by atoms with van der Waals surface area (Å²) in [6.07, 6.45) is 3.53. The highest BCUT2D eigenvalue weighted by Gasteiger charge is 2.07. The van der Waals surface area contributed by atoms with Gasteiger partial charge in [0.05, 0.1) is 33.5 Å². The van der Waals surface area contributed by atoms with Crippen LogP contribution in [-0.4, -0.2) is 48.5 Å². The fourth-order valence-electron chi connectivity index (χ4n) is 0.665. The number of quaternary nitrogens is 1. The van der Waals surface area contributed by atoms with Gasteiger partial charge >= 0.3 is 0 Å². The molecule has 3 heteroatoms. The van der Waals surface area contributed by atoms with Crippen molar-refractivity contribution in [1.82, 2.24) is 0 Å². The fourth-order valence-corrected chi connectivity index (χ4v) is 0.665. The summed E-state index contributed by atoms with van der Waals surface area (Å²) in [4.78, 5) is 0. The van der Waals surface area contributed by atoms with E-state index in [-0.39, 0.29) is 13.2 Å². The Labute approximate surface area is 61.8 Å². The van der Waals surface area contributed by atoms with Crippen molar-refractivity contribution in [1.29, 1.82) is 0 Å². The van der Waals surface area contributed by atoms with Gasteiger partial charge in [0.2, 0.25) is 0 Å². The normalized spacial score (nSPS) is 12.8. The van der Waals surface area contributed by atoms with Crippen LogP contribution in [-0.2, 0) is 0 Å². The minimum absolute atomic E-state index is 0.0626. The van der Waals surface area contributed by atoms with Crippen LogP contribution in [0, 0.1) is 0 Å². The van der Waals surface area contributed by atoms with Crippen molar-refractivity contribution in [3.8, 4) is 0 Å². The van der Waals surface area contributed by atoms with Gasteiger partial charge in [-0.3, -0.25) is 0 Å². The van der Waals surface area contributed by atoms with E-state index in [1.165, 1.54) is 0 Å². The Bertz CT molecular complexity index is 110. The highest BCUT2D eigenvalue weighted by Crippen LogP contribution is 1.95. The molecule has 2 N–H and O–H groups in total. The van der Waals surface area contributed by atoms with Gasteiger partial charge in [0.15, 0.2) is 0 Å². The zero-order valence-electron chi connectivity index (χ0n) is 6.62. The average Bonchev–Trinajstić information content (AvgIpc) is 1.84. The summed E-state index contributed by atoms with van der Waals surface area (Å²) in [5.74, 6) is 0. The lowest BCUT2D eigenvalue weighted by atomic mass is 10.5. The lowest BCUT2D eigenvalue weighted by Gasteiger charge is -2.23. The van der Waals surface area contributed by atoms with Gasteiger partial charge in [0.25, 0.3) is 0 Å². The zero-order valence-corrected chi connectivity index (χ0v) is 6.62. The monoisotopic (exact) mass is 146 g/mol. The van der Waals surface area contributed by atoms with Crippen LogP contribution < -0.4 is 0 Å². The van der Waals surface area contributed by atoms with Crippen LogP contribution in [0.4, 0.5) is 0 Å². The van der Waals surface area contributed by atoms with E-state index < -0.39 is 0 Å². The van der Waals surface area contributed by atoms with Gasteiger partial charge in [-0.05, 0) is 6.08 Å². The zero-order chi connectivity index (χ0) is 8.04. The van der Waals surface area contributed by atoms with Crippen molar-refractivity contribution in [2.24, 2.45) is 0 Å². The van der Waals surface area contributed by atoms with Crippen LogP contribution in [0.5, 0.6) is 0 Å². The quantitative estimate of drug-likeness (QED) is 0.528. The molecule has 0 aliphatic rings. The molecule has 0 aromatic rings. The molecule has 3 nitrogen and oxygen atoms in total. The molecule has 0 spiro atoms. The van der Waals surface area contributed by atoms with Crippen molar-refractivity contribution in [2.45, 2.75) is 0 Å². The number of nitrogens with zero attached hydrogens (tertiary/aromatic N) is 1. The van der Waals surface area contributed by atoms with Gasteiger partial charge in [-0.15, -0.1) is 0 Å². The third-order valence-electron chi connectivity index (χ3n) is 1.29. The second kappa shape index (κ2) is 4.44. The van der Waals surface area contributed by atoms with Crippen LogP contribution in [0.3, 0.4) is 0 Å². The minimum Gasteiger partial charge on any atom is -0.392 e. The molecule has 0 aromatic heterocycles. The summed E-state index contributed by atoms with van der Waals surface area (Å²) in [6, 6.07) is 0. The van der Waals surface area contributed by atoms with Gasteiger partial charge in [0.1, 0.15) is 6.54 Å². The van der Waals surface area contributed by atoms with E-state index in [1.807, 2.05) is 20.3 Å². The highest BCUT2D eigenvalue weighted by atomic mass is 16.3. The van der Waals surface area contributed by atoms with Crippen LogP contribution in [0.15, 0.2) is 12.3 Å². The third kappa shape index (κ3) is 4.49. The number of aliphatic hydroxyl groups excluding tert-OH is 2. The second-order valence-corrected chi connectivity index (χ2v) is 2.79. The van der Waals surface area contributed by atoms with Gasteiger partial charge < -0.3 is 14.7 Å². The van der Waals surface area contributed by atoms with Gasteiger partial charge in [-0.2, -0.15) is 0 Å². The Morgan fingerprint density at radius 3 is 2.30 bits per heavy atom. The Morgan fingerprint density at radius 2 is 1.90 bits per heavy atom. The molecule has 0 fully saturated rings. The first-order chi connectivity index (χ1) is 4.62. The van der Waals surface area contributed by atoms with E-state index in [9.17, 15) is 0 Å². The van der Waals surface area contributed by atoms with Gasteiger partial charge in [0, 0.05) is 0 Å². The standard InChI is InChI=1S/C7H16NO2/c1-8(2,5-7-10)4-3-6-9/h3-4,9-10H,5-7H2,1-2H3/q+1/b4-3+. The molecule has 0 atom stereocenters. The maximum Gasteiger partial charge on any atom is 0.106 e. The molecule has 0 heterocycles. The molecule has 0 aliphatic heterocycles. The van der Waals surface area contributed by atoms with Crippen LogP contribution >= 0.6 is 0 Å². The van der Waals surface area contributed by atoms with Crippen LogP contribution in [0.25, 0.3) is 0 Å². The Balaban J connectivity index is 3.73. The van der Waals surface area contributed by atoms with Crippen LogP contribution in [0.2, 0.25) is 0 Å². The van der Waals surface area contributed by atoms with Crippen molar-refractivity contribution in [3.63, 3.8) is 0 Å². The number of hydrogen-bond acceptors (Lipinski definition) is 2. The molecule has 0 bridgehead atoms. The number of aliphatic hydroxyl groups is 2. The van der Waals surface area contributed by atoms with Crippen LogP contribution in [0.1, 0.15) is 0 Å². The molecule has 0 amide bonds. The first kappa shape index (κ1) is 9.62. The molecule has 0 aliphatic carbocycles. The summed E-state index contributed by atoms with van der Waals surface area (Å²) in [6.45, 7) is 0.909. The van der Waals surface area contributed by atoms with Crippen molar-refractivity contribution < 1.29 is 14.7 Å². The molecular formula is C7H16NO2+. The summed E-state index contributed by atoms with van der Waals surface area (Å²) in [5, 5.41) is 17.0. The minimum atomic E-state index is 0.0626. The highest BCUT2D eigenvalue weighted by molar-refractivity contribution is 4.71. The third-order valence-corrected chi connectivity index (χ3v) is 1.29. The van der Waals surface area contributed by atoms with E-state index in [0.29, 0.717) is 11.0 Å². The van der Waals surface area contributed by atoms with Gasteiger partial charge in [-0.1, -0.05) is 0 Å². The molecule has 0 aromatic carbocycles. The van der Waals surface area contributed by atoms with Crippen molar-refractivity contribution >= 4 is 0 Å². The predicted octanol–water partition coefficient (Wildman–Crippen LogP) is -0.439. The van der Waals surface area contributed by atoms with Crippen molar-refractivity contribution in [2.75, 3.05) is 33.9 Å². The SMILES string of the molecule is C[N+](C)(/C=C/CO)CCO. The molecule has 0 unspecified atom stereocenters.